The van der Waals surface area contributed by atoms with Crippen molar-refractivity contribution in [2.45, 2.75) is 13.0 Å². The molecule has 104 valence electrons. The molecule has 2 N–H and O–H groups in total. The zero-order chi connectivity index (χ0) is 13.9. The van der Waals surface area contributed by atoms with Crippen LogP contribution in [0, 0.1) is 6.92 Å². The van der Waals surface area contributed by atoms with Crippen molar-refractivity contribution in [1.82, 2.24) is 10.3 Å². The number of hydrogen-bond donors (Lipinski definition) is 2. The fraction of sp³-hybridized carbons (Fsp3) is 0.333. The van der Waals surface area contributed by atoms with Gasteiger partial charge in [0.25, 0.3) is 5.91 Å². The Hall–Kier alpha value is -1.98. The summed E-state index contributed by atoms with van der Waals surface area (Å²) < 4.78 is 5.45. The minimum Gasteiger partial charge on any atom is -0.366 e. The van der Waals surface area contributed by atoms with Crippen LogP contribution in [0.15, 0.2) is 30.3 Å². The Morgan fingerprint density at radius 3 is 3.10 bits per heavy atom. The highest BCUT2D eigenvalue weighted by Gasteiger charge is 2.22. The molecular formula is C15H17N3O2. The van der Waals surface area contributed by atoms with Gasteiger partial charge in [0, 0.05) is 24.2 Å². The maximum Gasteiger partial charge on any atom is 0.254 e. The minimum atomic E-state index is -0.441. The third-order valence-corrected chi connectivity index (χ3v) is 3.34. The van der Waals surface area contributed by atoms with Crippen LogP contribution in [0.4, 0.5) is 5.69 Å². The van der Waals surface area contributed by atoms with Gasteiger partial charge in [-0.05, 0) is 19.1 Å². The molecular weight excluding hydrogens is 254 g/mol. The number of benzene rings is 1. The lowest BCUT2D eigenvalue weighted by atomic mass is 10.1. The van der Waals surface area contributed by atoms with E-state index < -0.39 is 6.10 Å². The lowest BCUT2D eigenvalue weighted by molar-refractivity contribution is -0.128. The first-order valence-corrected chi connectivity index (χ1v) is 6.73. The van der Waals surface area contributed by atoms with E-state index in [1.165, 1.54) is 0 Å². The van der Waals surface area contributed by atoms with Crippen LogP contribution in [0.25, 0.3) is 10.9 Å². The van der Waals surface area contributed by atoms with Gasteiger partial charge in [0.2, 0.25) is 0 Å². The van der Waals surface area contributed by atoms with Crippen LogP contribution in [0.1, 0.15) is 5.69 Å². The number of nitrogens with one attached hydrogen (secondary N) is 2. The summed E-state index contributed by atoms with van der Waals surface area (Å²) in [6, 6.07) is 9.72. The van der Waals surface area contributed by atoms with Crippen LogP contribution >= 0.6 is 0 Å². The molecule has 3 rings (SSSR count). The summed E-state index contributed by atoms with van der Waals surface area (Å²) >= 11 is 0. The van der Waals surface area contributed by atoms with Crippen LogP contribution in [-0.4, -0.2) is 36.7 Å². The Morgan fingerprint density at radius 1 is 1.40 bits per heavy atom. The van der Waals surface area contributed by atoms with Gasteiger partial charge >= 0.3 is 0 Å². The predicted molar refractivity (Wildman–Crippen MR) is 77.7 cm³/mol. The lowest BCUT2D eigenvalue weighted by Crippen LogP contribution is -2.45. The first kappa shape index (κ1) is 13.0. The quantitative estimate of drug-likeness (QED) is 0.868. The maximum atomic E-state index is 12.2. The smallest absolute Gasteiger partial charge is 0.254 e. The molecule has 1 amide bonds. The summed E-state index contributed by atoms with van der Waals surface area (Å²) in [6.45, 7) is 3.83. The first-order chi connectivity index (χ1) is 9.74. The molecule has 1 aliphatic rings. The molecule has 1 unspecified atom stereocenters. The molecule has 0 radical (unpaired) electrons. The second-order valence-corrected chi connectivity index (χ2v) is 4.88. The number of rotatable bonds is 2. The number of hydrogen-bond acceptors (Lipinski definition) is 4. The molecule has 1 fully saturated rings. The molecule has 5 heteroatoms. The van der Waals surface area contributed by atoms with E-state index in [2.05, 4.69) is 15.6 Å². The van der Waals surface area contributed by atoms with Crippen LogP contribution in [0.2, 0.25) is 0 Å². The number of anilines is 1. The van der Waals surface area contributed by atoms with Gasteiger partial charge in [-0.2, -0.15) is 0 Å². The first-order valence-electron chi connectivity index (χ1n) is 6.73. The van der Waals surface area contributed by atoms with E-state index in [0.29, 0.717) is 13.2 Å². The molecule has 1 atom stereocenters. The van der Waals surface area contributed by atoms with Gasteiger partial charge in [-0.25, -0.2) is 0 Å². The van der Waals surface area contributed by atoms with E-state index >= 15 is 0 Å². The highest BCUT2D eigenvalue weighted by atomic mass is 16.5. The third-order valence-electron chi connectivity index (χ3n) is 3.34. The van der Waals surface area contributed by atoms with Crippen molar-refractivity contribution in [3.63, 3.8) is 0 Å². The number of ether oxygens (including phenoxy) is 1. The van der Waals surface area contributed by atoms with E-state index in [1.54, 1.807) is 0 Å². The molecule has 20 heavy (non-hydrogen) atoms. The molecule has 1 aromatic heterocycles. The Balaban J connectivity index is 1.86. The van der Waals surface area contributed by atoms with Crippen molar-refractivity contribution in [2.24, 2.45) is 0 Å². The highest BCUT2D eigenvalue weighted by molar-refractivity contribution is 6.02. The standard InChI is InChI=1S/C15H17N3O2/c1-10-5-6-11-3-2-4-12(14(11)17-10)18-15(19)13-9-16-7-8-20-13/h2-6,13,16H,7-9H2,1H3,(H,18,19). The molecule has 0 saturated carbocycles. The SMILES string of the molecule is Cc1ccc2cccc(NC(=O)C3CNCCO3)c2n1. The highest BCUT2D eigenvalue weighted by Crippen LogP contribution is 2.22. The Kier molecular flexibility index (Phi) is 3.62. The van der Waals surface area contributed by atoms with E-state index in [-0.39, 0.29) is 5.91 Å². The molecule has 0 spiro atoms. The second-order valence-electron chi connectivity index (χ2n) is 4.88. The lowest BCUT2D eigenvalue weighted by Gasteiger charge is -2.22. The topological polar surface area (TPSA) is 63.2 Å². The van der Waals surface area contributed by atoms with Crippen LogP contribution in [-0.2, 0) is 9.53 Å². The van der Waals surface area contributed by atoms with Gasteiger partial charge in [-0.3, -0.25) is 9.78 Å². The van der Waals surface area contributed by atoms with Gasteiger partial charge in [0.15, 0.2) is 0 Å². The number of carbonyl (C=O) groups excluding carboxylic acids is 1. The predicted octanol–water partition coefficient (Wildman–Crippen LogP) is 1.47. The fourth-order valence-electron chi connectivity index (χ4n) is 2.29. The van der Waals surface area contributed by atoms with Crippen molar-refractivity contribution in [1.29, 1.82) is 0 Å². The number of carbonyl (C=O) groups is 1. The van der Waals surface area contributed by atoms with E-state index in [0.717, 1.165) is 28.8 Å². The number of fused-ring (bicyclic) bond motifs is 1. The number of aromatic nitrogens is 1. The molecule has 5 nitrogen and oxygen atoms in total. The zero-order valence-corrected chi connectivity index (χ0v) is 11.3. The van der Waals surface area contributed by atoms with Crippen LogP contribution in [0.5, 0.6) is 0 Å². The average Bonchev–Trinajstić information content (AvgIpc) is 2.49. The minimum absolute atomic E-state index is 0.131. The van der Waals surface area contributed by atoms with Crippen LogP contribution in [0.3, 0.4) is 0 Å². The number of aryl methyl sites for hydroxylation is 1. The van der Waals surface area contributed by atoms with E-state index in [1.807, 2.05) is 37.3 Å². The second kappa shape index (κ2) is 5.56. The fourth-order valence-corrected chi connectivity index (χ4v) is 2.29. The van der Waals surface area contributed by atoms with Gasteiger partial charge in [0.05, 0.1) is 17.8 Å². The molecule has 1 aromatic carbocycles. The van der Waals surface area contributed by atoms with Crippen molar-refractivity contribution in [3.8, 4) is 0 Å². The summed E-state index contributed by atoms with van der Waals surface area (Å²) in [5.41, 5.74) is 2.46. The molecule has 1 saturated heterocycles. The Bertz CT molecular complexity index is 636. The van der Waals surface area contributed by atoms with Gasteiger partial charge in [-0.1, -0.05) is 18.2 Å². The molecule has 2 aromatic rings. The summed E-state index contributed by atoms with van der Waals surface area (Å²) in [4.78, 5) is 16.7. The van der Waals surface area contributed by atoms with Gasteiger partial charge in [-0.15, -0.1) is 0 Å². The number of nitrogens with zero attached hydrogens (tertiary/aromatic N) is 1. The normalized spacial score (nSPS) is 18.9. The third kappa shape index (κ3) is 2.64. The van der Waals surface area contributed by atoms with Crippen molar-refractivity contribution >= 4 is 22.5 Å². The van der Waals surface area contributed by atoms with Crippen molar-refractivity contribution in [3.05, 3.63) is 36.0 Å². The Labute approximate surface area is 117 Å². The van der Waals surface area contributed by atoms with Crippen LogP contribution < -0.4 is 10.6 Å². The van der Waals surface area contributed by atoms with E-state index in [4.69, 9.17) is 4.74 Å². The summed E-state index contributed by atoms with van der Waals surface area (Å²) in [6.07, 6.45) is -0.441. The summed E-state index contributed by atoms with van der Waals surface area (Å²) in [7, 11) is 0. The van der Waals surface area contributed by atoms with E-state index in [9.17, 15) is 4.79 Å². The summed E-state index contributed by atoms with van der Waals surface area (Å²) in [5.74, 6) is -0.131. The molecule has 2 heterocycles. The maximum absolute atomic E-state index is 12.2. The number of morpholine rings is 1. The van der Waals surface area contributed by atoms with Crippen molar-refractivity contribution in [2.75, 3.05) is 25.0 Å². The number of amides is 1. The van der Waals surface area contributed by atoms with Gasteiger partial charge < -0.3 is 15.4 Å². The van der Waals surface area contributed by atoms with Crippen molar-refractivity contribution < 1.29 is 9.53 Å². The van der Waals surface area contributed by atoms with Gasteiger partial charge in [0.1, 0.15) is 6.10 Å². The Morgan fingerprint density at radius 2 is 2.30 bits per heavy atom. The zero-order valence-electron chi connectivity index (χ0n) is 11.3. The average molecular weight is 271 g/mol. The number of pyridine rings is 1. The number of para-hydroxylation sites is 1. The molecule has 1 aliphatic heterocycles. The summed E-state index contributed by atoms with van der Waals surface area (Å²) in [5, 5.41) is 7.07. The largest absolute Gasteiger partial charge is 0.366 e. The monoisotopic (exact) mass is 271 g/mol. The molecule has 0 bridgehead atoms. The molecule has 0 aliphatic carbocycles.